The molecule has 6 heteroatoms. The summed E-state index contributed by atoms with van der Waals surface area (Å²) in [6.45, 7) is 3.90. The van der Waals surface area contributed by atoms with Gasteiger partial charge in [0.15, 0.2) is 0 Å². The Labute approximate surface area is 200 Å². The van der Waals surface area contributed by atoms with Crippen LogP contribution in [0.15, 0.2) is 42.6 Å². The van der Waals surface area contributed by atoms with Gasteiger partial charge in [-0.3, -0.25) is 4.90 Å². The molecule has 0 amide bonds. The third-order valence-corrected chi connectivity index (χ3v) is 8.50. The van der Waals surface area contributed by atoms with Gasteiger partial charge in [0.05, 0.1) is 12.7 Å². The molecule has 2 atom stereocenters. The van der Waals surface area contributed by atoms with E-state index in [4.69, 9.17) is 4.74 Å². The molecule has 7 rings (SSSR count). The van der Waals surface area contributed by atoms with Crippen molar-refractivity contribution in [2.75, 3.05) is 13.7 Å². The number of aryl methyl sites for hydroxylation is 1. The fraction of sp³-hybridized carbons (Fsp3) is 0.464. The summed E-state index contributed by atoms with van der Waals surface area (Å²) < 4.78 is 5.82. The number of H-pyrrole nitrogens is 1. The molecule has 3 aliphatic carbocycles. The van der Waals surface area contributed by atoms with Crippen LogP contribution in [0.5, 0.6) is 5.75 Å². The highest BCUT2D eigenvalue weighted by atomic mass is 16.5. The van der Waals surface area contributed by atoms with Gasteiger partial charge in [0.25, 0.3) is 0 Å². The monoisotopic (exact) mass is 459 g/mol. The molecule has 3 N–H and O–H groups in total. The van der Waals surface area contributed by atoms with E-state index in [2.05, 4.69) is 34.3 Å². The normalized spacial score (nSPS) is 28.4. The van der Waals surface area contributed by atoms with Crippen LogP contribution in [-0.4, -0.2) is 46.2 Å². The summed E-state index contributed by atoms with van der Waals surface area (Å²) in [5.74, 6) is 1.01. The third kappa shape index (κ3) is 3.60. The van der Waals surface area contributed by atoms with Crippen LogP contribution < -0.4 is 10.1 Å². The lowest BCUT2D eigenvalue weighted by Crippen LogP contribution is -2.69. The van der Waals surface area contributed by atoms with Crippen LogP contribution in [-0.2, 0) is 6.54 Å². The Morgan fingerprint density at radius 2 is 2.00 bits per heavy atom. The summed E-state index contributed by atoms with van der Waals surface area (Å²) in [7, 11) is 1.75. The Morgan fingerprint density at radius 3 is 2.65 bits per heavy atom. The standard InChI is InChI=1S/C28H33N3O3/c1-17-11-25(34-2)23(22-7-9-29-26(17)22)16-31-10-8-21(30-28-13-18(14-28)15-28)12-24(31)19-3-5-20(6-4-19)27(32)33/h3-7,9,11,18,21,24,29-30H,8,10,12-16H2,1-2H3,(H,32,33)/t18?,21-,24-,28?/m1/s1. The molecule has 178 valence electrons. The van der Waals surface area contributed by atoms with Gasteiger partial charge in [-0.25, -0.2) is 4.79 Å². The Balaban J connectivity index is 1.31. The lowest BCUT2D eigenvalue weighted by molar-refractivity contribution is -0.0666. The molecular weight excluding hydrogens is 426 g/mol. The second-order valence-corrected chi connectivity index (χ2v) is 10.7. The maximum atomic E-state index is 11.4. The predicted octanol–water partition coefficient (Wildman–Crippen LogP) is 5.03. The van der Waals surface area contributed by atoms with Crippen LogP contribution in [0.4, 0.5) is 0 Å². The quantitative estimate of drug-likeness (QED) is 0.462. The van der Waals surface area contributed by atoms with Crippen molar-refractivity contribution < 1.29 is 14.6 Å². The number of aromatic nitrogens is 1. The highest BCUT2D eigenvalue weighted by molar-refractivity contribution is 5.88. The average molecular weight is 460 g/mol. The second kappa shape index (κ2) is 8.14. The smallest absolute Gasteiger partial charge is 0.335 e. The number of benzene rings is 2. The molecule has 4 fully saturated rings. The fourth-order valence-corrected chi connectivity index (χ4v) is 6.60. The lowest BCUT2D eigenvalue weighted by Gasteiger charge is -2.64. The predicted molar refractivity (Wildman–Crippen MR) is 132 cm³/mol. The first-order valence-corrected chi connectivity index (χ1v) is 12.4. The van der Waals surface area contributed by atoms with Crippen LogP contribution in [0.25, 0.3) is 10.9 Å². The van der Waals surface area contributed by atoms with Crippen molar-refractivity contribution in [3.8, 4) is 5.75 Å². The topological polar surface area (TPSA) is 77.6 Å². The second-order valence-electron chi connectivity index (χ2n) is 10.7. The number of hydrogen-bond donors (Lipinski definition) is 3. The zero-order valence-corrected chi connectivity index (χ0v) is 19.9. The number of carbonyl (C=O) groups is 1. The first-order chi connectivity index (χ1) is 16.4. The molecule has 2 heterocycles. The molecule has 0 unspecified atom stereocenters. The number of nitrogens with one attached hydrogen (secondary N) is 2. The van der Waals surface area contributed by atoms with E-state index in [0.29, 0.717) is 17.1 Å². The van der Waals surface area contributed by atoms with Crippen molar-refractivity contribution in [3.05, 3.63) is 64.8 Å². The number of piperidine rings is 1. The highest BCUT2D eigenvalue weighted by Gasteiger charge is 2.57. The Hall–Kier alpha value is -2.83. The number of likely N-dealkylation sites (tertiary alicyclic amines) is 1. The van der Waals surface area contributed by atoms with E-state index in [-0.39, 0.29) is 6.04 Å². The molecule has 6 nitrogen and oxygen atoms in total. The van der Waals surface area contributed by atoms with Gasteiger partial charge in [0.2, 0.25) is 0 Å². The summed E-state index contributed by atoms with van der Waals surface area (Å²) in [4.78, 5) is 17.3. The van der Waals surface area contributed by atoms with E-state index >= 15 is 0 Å². The van der Waals surface area contributed by atoms with Gasteiger partial charge >= 0.3 is 5.97 Å². The molecule has 3 saturated carbocycles. The van der Waals surface area contributed by atoms with E-state index in [1.807, 2.05) is 18.3 Å². The molecule has 3 aromatic rings. The molecule has 0 radical (unpaired) electrons. The average Bonchev–Trinajstić information content (AvgIpc) is 3.28. The van der Waals surface area contributed by atoms with Crippen molar-refractivity contribution >= 4 is 16.9 Å². The van der Waals surface area contributed by atoms with E-state index in [1.165, 1.54) is 46.9 Å². The Morgan fingerprint density at radius 1 is 1.24 bits per heavy atom. The summed E-state index contributed by atoms with van der Waals surface area (Å²) in [6.07, 6.45) is 8.19. The van der Waals surface area contributed by atoms with Crippen LogP contribution in [0.3, 0.4) is 0 Å². The third-order valence-electron chi connectivity index (χ3n) is 8.50. The minimum absolute atomic E-state index is 0.224. The van der Waals surface area contributed by atoms with Crippen molar-refractivity contribution in [2.24, 2.45) is 5.92 Å². The van der Waals surface area contributed by atoms with Crippen molar-refractivity contribution in [2.45, 2.75) is 63.2 Å². The van der Waals surface area contributed by atoms with E-state index in [1.54, 1.807) is 19.2 Å². The Kier molecular flexibility index (Phi) is 5.19. The lowest BCUT2D eigenvalue weighted by atomic mass is 9.49. The Bertz CT molecular complexity index is 1210. The number of fused-ring (bicyclic) bond motifs is 1. The first kappa shape index (κ1) is 21.7. The molecule has 34 heavy (non-hydrogen) atoms. The van der Waals surface area contributed by atoms with E-state index < -0.39 is 5.97 Å². The minimum Gasteiger partial charge on any atom is -0.496 e. The number of rotatable bonds is 7. The highest BCUT2D eigenvalue weighted by Crippen LogP contribution is 2.57. The van der Waals surface area contributed by atoms with Crippen molar-refractivity contribution in [1.82, 2.24) is 15.2 Å². The molecular formula is C28H33N3O3. The van der Waals surface area contributed by atoms with Crippen LogP contribution >= 0.6 is 0 Å². The van der Waals surface area contributed by atoms with E-state index in [9.17, 15) is 9.90 Å². The summed E-state index contributed by atoms with van der Waals surface area (Å²) >= 11 is 0. The number of hydrogen-bond acceptors (Lipinski definition) is 4. The number of ether oxygens (including phenoxy) is 1. The van der Waals surface area contributed by atoms with Gasteiger partial charge in [-0.1, -0.05) is 12.1 Å². The van der Waals surface area contributed by atoms with E-state index in [0.717, 1.165) is 37.6 Å². The molecule has 4 aliphatic rings. The molecule has 2 aromatic carbocycles. The summed E-state index contributed by atoms with van der Waals surface area (Å²) in [5, 5.41) is 14.6. The number of methoxy groups -OCH3 is 1. The molecule has 0 spiro atoms. The number of aromatic carboxylic acids is 1. The van der Waals surface area contributed by atoms with Gasteiger partial charge in [0.1, 0.15) is 5.75 Å². The maximum absolute atomic E-state index is 11.4. The first-order valence-electron chi connectivity index (χ1n) is 12.4. The van der Waals surface area contributed by atoms with Gasteiger partial charge < -0.3 is 20.1 Å². The largest absolute Gasteiger partial charge is 0.496 e. The SMILES string of the molecule is COc1cc(C)c2[nH]ccc2c1CN1CC[C@@H](NC23CC(C2)C3)C[C@@H]1c1ccc(C(=O)O)cc1. The molecule has 1 aromatic heterocycles. The van der Waals surface area contributed by atoms with Gasteiger partial charge in [-0.2, -0.15) is 0 Å². The molecule has 2 bridgehead atoms. The fourth-order valence-electron chi connectivity index (χ4n) is 6.60. The van der Waals surface area contributed by atoms with Crippen molar-refractivity contribution in [3.63, 3.8) is 0 Å². The molecule has 1 aliphatic heterocycles. The van der Waals surface area contributed by atoms with Gasteiger partial charge in [-0.15, -0.1) is 0 Å². The number of aromatic amines is 1. The van der Waals surface area contributed by atoms with Crippen LogP contribution in [0.2, 0.25) is 0 Å². The van der Waals surface area contributed by atoms with Crippen LogP contribution in [0.1, 0.15) is 65.2 Å². The maximum Gasteiger partial charge on any atom is 0.335 e. The zero-order valence-electron chi connectivity index (χ0n) is 19.9. The number of carboxylic acid groups (broad SMARTS) is 1. The zero-order chi connectivity index (χ0) is 23.4. The summed E-state index contributed by atoms with van der Waals surface area (Å²) in [5.41, 5.74) is 5.49. The number of nitrogens with zero attached hydrogens (tertiary/aromatic N) is 1. The van der Waals surface area contributed by atoms with Crippen molar-refractivity contribution in [1.29, 1.82) is 0 Å². The van der Waals surface area contributed by atoms with Gasteiger partial charge in [0, 0.05) is 53.4 Å². The molecule has 1 saturated heterocycles. The van der Waals surface area contributed by atoms with Gasteiger partial charge in [-0.05, 0) is 80.3 Å². The number of carboxylic acids is 1. The van der Waals surface area contributed by atoms with Crippen LogP contribution in [0, 0.1) is 12.8 Å². The summed E-state index contributed by atoms with van der Waals surface area (Å²) in [6, 6.07) is 12.5. The minimum atomic E-state index is -0.880.